The molecule has 0 aliphatic carbocycles. The second-order valence-electron chi connectivity index (χ2n) is 6.42. The van der Waals surface area contributed by atoms with Gasteiger partial charge in [-0.1, -0.05) is 23.8 Å². The Morgan fingerprint density at radius 3 is 2.38 bits per heavy atom. The zero-order valence-electron chi connectivity index (χ0n) is 16.0. The largest absolute Gasteiger partial charge is 0.465 e. The summed E-state index contributed by atoms with van der Waals surface area (Å²) < 4.78 is 4.94. The van der Waals surface area contributed by atoms with Gasteiger partial charge in [-0.15, -0.1) is 11.3 Å². The molecule has 0 aliphatic heterocycles. The highest BCUT2D eigenvalue weighted by Gasteiger charge is 2.23. The van der Waals surface area contributed by atoms with Crippen LogP contribution in [0.2, 0.25) is 0 Å². The van der Waals surface area contributed by atoms with Crippen molar-refractivity contribution >= 4 is 33.9 Å². The van der Waals surface area contributed by atoms with Gasteiger partial charge in [-0.3, -0.25) is 14.9 Å². The number of nitrogens with zero attached hydrogens (tertiary/aromatic N) is 1. The van der Waals surface area contributed by atoms with Gasteiger partial charge in [0.15, 0.2) is 0 Å². The third-order valence-corrected chi connectivity index (χ3v) is 5.33. The number of nitro benzene ring substituents is 1. The van der Waals surface area contributed by atoms with Crippen LogP contribution in [0.25, 0.3) is 11.1 Å². The molecule has 1 aromatic heterocycles. The van der Waals surface area contributed by atoms with Gasteiger partial charge in [-0.05, 0) is 37.1 Å². The van der Waals surface area contributed by atoms with Gasteiger partial charge >= 0.3 is 5.97 Å². The third-order valence-electron chi connectivity index (χ3n) is 4.43. The molecule has 0 saturated carbocycles. The van der Waals surface area contributed by atoms with E-state index in [1.54, 1.807) is 5.38 Å². The highest BCUT2D eigenvalue weighted by atomic mass is 32.1. The zero-order chi connectivity index (χ0) is 21.1. The molecular weight excluding hydrogens is 392 g/mol. The predicted molar refractivity (Wildman–Crippen MR) is 112 cm³/mol. The number of anilines is 1. The van der Waals surface area contributed by atoms with Gasteiger partial charge in [0.25, 0.3) is 11.6 Å². The summed E-state index contributed by atoms with van der Waals surface area (Å²) in [7, 11) is 1.29. The normalized spacial score (nSPS) is 10.4. The van der Waals surface area contributed by atoms with E-state index in [1.807, 2.05) is 32.0 Å². The van der Waals surface area contributed by atoms with E-state index in [0.717, 1.165) is 16.7 Å². The molecule has 29 heavy (non-hydrogen) atoms. The Hall–Kier alpha value is -3.52. The van der Waals surface area contributed by atoms with Crippen LogP contribution < -0.4 is 5.32 Å². The van der Waals surface area contributed by atoms with Gasteiger partial charge in [0.05, 0.1) is 12.0 Å². The van der Waals surface area contributed by atoms with E-state index >= 15 is 0 Å². The fourth-order valence-electron chi connectivity index (χ4n) is 2.89. The zero-order valence-corrected chi connectivity index (χ0v) is 16.8. The Labute approximate surface area is 171 Å². The molecule has 0 fully saturated rings. The number of hydrogen-bond acceptors (Lipinski definition) is 6. The molecule has 3 aromatic rings. The first kappa shape index (κ1) is 20.2. The Kier molecular flexibility index (Phi) is 5.74. The monoisotopic (exact) mass is 410 g/mol. The molecular formula is C21H18N2O5S. The minimum atomic E-state index is -0.554. The molecule has 0 atom stereocenters. The number of methoxy groups -OCH3 is 1. The number of aryl methyl sites for hydroxylation is 2. The Morgan fingerprint density at radius 1 is 1.07 bits per heavy atom. The van der Waals surface area contributed by atoms with Gasteiger partial charge in [-0.2, -0.15) is 0 Å². The molecule has 1 N–H and O–H groups in total. The topological polar surface area (TPSA) is 98.5 Å². The molecule has 0 saturated heterocycles. The van der Waals surface area contributed by atoms with Gasteiger partial charge in [0.2, 0.25) is 0 Å². The Morgan fingerprint density at radius 2 is 1.76 bits per heavy atom. The SMILES string of the molecule is COC(=O)c1c(-c2cc(C)ccc2C)csc1NC(=O)c1ccc([N+](=O)[O-])cc1. The molecule has 148 valence electrons. The maximum absolute atomic E-state index is 12.6. The fraction of sp³-hybridized carbons (Fsp3) is 0.143. The van der Waals surface area contributed by atoms with Crippen LogP contribution in [-0.2, 0) is 4.74 Å². The van der Waals surface area contributed by atoms with Gasteiger partial charge in [-0.25, -0.2) is 4.79 Å². The number of rotatable bonds is 5. The molecule has 0 spiro atoms. The lowest BCUT2D eigenvalue weighted by Gasteiger charge is -2.10. The summed E-state index contributed by atoms with van der Waals surface area (Å²) in [4.78, 5) is 35.3. The molecule has 8 heteroatoms. The van der Waals surface area contributed by atoms with Crippen molar-refractivity contribution in [2.75, 3.05) is 12.4 Å². The van der Waals surface area contributed by atoms with E-state index in [1.165, 1.54) is 42.7 Å². The van der Waals surface area contributed by atoms with Crippen molar-refractivity contribution in [2.24, 2.45) is 0 Å². The van der Waals surface area contributed by atoms with Crippen molar-refractivity contribution in [2.45, 2.75) is 13.8 Å². The van der Waals surface area contributed by atoms with Crippen molar-refractivity contribution in [1.82, 2.24) is 0 Å². The Bertz CT molecular complexity index is 1100. The van der Waals surface area contributed by atoms with Crippen molar-refractivity contribution in [1.29, 1.82) is 0 Å². The van der Waals surface area contributed by atoms with E-state index in [4.69, 9.17) is 4.74 Å². The number of hydrogen-bond donors (Lipinski definition) is 1. The third kappa shape index (κ3) is 4.17. The minimum absolute atomic E-state index is 0.106. The second kappa shape index (κ2) is 8.24. The molecule has 1 amide bonds. The average Bonchev–Trinajstić information content (AvgIpc) is 3.12. The molecule has 2 aromatic carbocycles. The highest BCUT2D eigenvalue weighted by Crippen LogP contribution is 2.38. The van der Waals surface area contributed by atoms with E-state index in [0.29, 0.717) is 10.6 Å². The maximum Gasteiger partial charge on any atom is 0.341 e. The number of nitrogens with one attached hydrogen (secondary N) is 1. The average molecular weight is 410 g/mol. The summed E-state index contributed by atoms with van der Waals surface area (Å²) in [6.07, 6.45) is 0. The van der Waals surface area contributed by atoms with Crippen LogP contribution in [-0.4, -0.2) is 23.9 Å². The lowest BCUT2D eigenvalue weighted by molar-refractivity contribution is -0.384. The number of carbonyl (C=O) groups is 2. The smallest absolute Gasteiger partial charge is 0.341 e. The summed E-state index contributed by atoms with van der Waals surface area (Å²) in [5.41, 5.74) is 4.02. The molecule has 0 aliphatic rings. The van der Waals surface area contributed by atoms with Crippen LogP contribution in [0.3, 0.4) is 0 Å². The van der Waals surface area contributed by atoms with Crippen LogP contribution in [0.1, 0.15) is 31.8 Å². The summed E-state index contributed by atoms with van der Waals surface area (Å²) in [6.45, 7) is 3.91. The first-order valence-corrected chi connectivity index (χ1v) is 9.53. The van der Waals surface area contributed by atoms with Crippen molar-refractivity contribution < 1.29 is 19.2 Å². The number of benzene rings is 2. The fourth-order valence-corrected chi connectivity index (χ4v) is 3.83. The molecule has 7 nitrogen and oxygen atoms in total. The summed E-state index contributed by atoms with van der Waals surface area (Å²) >= 11 is 1.22. The van der Waals surface area contributed by atoms with E-state index in [-0.39, 0.29) is 16.8 Å². The molecule has 0 unspecified atom stereocenters. The number of amides is 1. The predicted octanol–water partition coefficient (Wildman–Crippen LogP) is 4.98. The number of ether oxygens (including phenoxy) is 1. The number of non-ortho nitro benzene ring substituents is 1. The van der Waals surface area contributed by atoms with E-state index in [2.05, 4.69) is 5.32 Å². The van der Waals surface area contributed by atoms with Crippen molar-refractivity contribution in [3.05, 3.63) is 80.2 Å². The first-order valence-electron chi connectivity index (χ1n) is 8.65. The van der Waals surface area contributed by atoms with Crippen LogP contribution in [0.4, 0.5) is 10.7 Å². The maximum atomic E-state index is 12.6. The van der Waals surface area contributed by atoms with Gasteiger partial charge in [0.1, 0.15) is 10.6 Å². The highest BCUT2D eigenvalue weighted by molar-refractivity contribution is 7.15. The van der Waals surface area contributed by atoms with Crippen molar-refractivity contribution in [3.63, 3.8) is 0 Å². The lowest BCUT2D eigenvalue weighted by Crippen LogP contribution is -2.14. The summed E-state index contributed by atoms with van der Waals surface area (Å²) in [6, 6.07) is 11.2. The van der Waals surface area contributed by atoms with Crippen molar-refractivity contribution in [3.8, 4) is 11.1 Å². The first-order chi connectivity index (χ1) is 13.8. The number of carbonyl (C=O) groups excluding carboxylic acids is 2. The lowest BCUT2D eigenvalue weighted by atomic mass is 9.97. The van der Waals surface area contributed by atoms with Crippen LogP contribution in [0.5, 0.6) is 0 Å². The molecule has 0 bridgehead atoms. The standard InChI is InChI=1S/C21H18N2O5S/c1-12-4-5-13(2)16(10-12)17-11-29-20(18(17)21(25)28-3)22-19(24)14-6-8-15(9-7-14)23(26)27/h4-11H,1-3H3,(H,22,24). The van der Waals surface area contributed by atoms with Gasteiger partial charge in [0, 0.05) is 28.6 Å². The number of thiophene rings is 1. The van der Waals surface area contributed by atoms with Crippen LogP contribution in [0, 0.1) is 24.0 Å². The van der Waals surface area contributed by atoms with E-state index in [9.17, 15) is 19.7 Å². The Balaban J connectivity index is 1.98. The van der Waals surface area contributed by atoms with E-state index < -0.39 is 16.8 Å². The number of nitro groups is 1. The summed E-state index contributed by atoms with van der Waals surface area (Å²) in [5.74, 6) is -1.03. The quantitative estimate of drug-likeness (QED) is 0.363. The molecule has 3 rings (SSSR count). The summed E-state index contributed by atoms with van der Waals surface area (Å²) in [5, 5.41) is 15.7. The second-order valence-corrected chi connectivity index (χ2v) is 7.30. The number of esters is 1. The van der Waals surface area contributed by atoms with Gasteiger partial charge < -0.3 is 10.1 Å². The van der Waals surface area contributed by atoms with Crippen LogP contribution in [0.15, 0.2) is 47.8 Å². The molecule has 1 heterocycles. The van der Waals surface area contributed by atoms with Crippen LogP contribution >= 0.6 is 11.3 Å². The minimum Gasteiger partial charge on any atom is -0.465 e. The molecule has 0 radical (unpaired) electrons.